The molecule has 0 spiro atoms. The highest BCUT2D eigenvalue weighted by atomic mass is 32.1. The lowest BCUT2D eigenvalue weighted by molar-refractivity contribution is 0.110. The molecule has 0 saturated carbocycles. The van der Waals surface area contributed by atoms with Crippen molar-refractivity contribution in [1.29, 1.82) is 0 Å². The summed E-state index contributed by atoms with van der Waals surface area (Å²) in [5.41, 5.74) is 3.60. The van der Waals surface area contributed by atoms with E-state index in [0.717, 1.165) is 11.4 Å². The highest BCUT2D eigenvalue weighted by Crippen LogP contribution is 2.31. The second-order valence-corrected chi connectivity index (χ2v) is 7.68. The molecule has 4 aromatic rings. The fraction of sp³-hybridized carbons (Fsp3) is 0.190. The van der Waals surface area contributed by atoms with Crippen molar-refractivity contribution in [3.8, 4) is 11.6 Å². The number of thiophene rings is 1. The molecule has 0 saturated heterocycles. The topological polar surface area (TPSA) is 73.6 Å². The molecule has 0 fully saturated rings. The molecule has 8 heteroatoms. The number of hydrogen-bond donors (Lipinski definition) is 1. The number of oxime groups is 1. The number of fused-ring (bicyclic) bond motifs is 1. The standard InChI is InChI=1S/C21H19N5O2S/c1-13-9-26(12-22-13)18-8-7-16(24-21(18)27-2)20-23-17(10-28-25-20)15-11-29-19-6-4-3-5-14(15)19/h3-9,11-12,17H,10H2,1-2H3,(H,23,25). The number of aromatic nitrogens is 3. The Morgan fingerprint density at radius 1 is 1.24 bits per heavy atom. The van der Waals surface area contributed by atoms with Crippen LogP contribution in [0.15, 0.2) is 59.5 Å². The molecule has 29 heavy (non-hydrogen) atoms. The van der Waals surface area contributed by atoms with Crippen LogP contribution in [0.2, 0.25) is 0 Å². The van der Waals surface area contributed by atoms with Gasteiger partial charge in [-0.3, -0.25) is 0 Å². The molecule has 0 radical (unpaired) electrons. The highest BCUT2D eigenvalue weighted by Gasteiger charge is 2.24. The Morgan fingerprint density at radius 3 is 2.97 bits per heavy atom. The van der Waals surface area contributed by atoms with Crippen LogP contribution in [0.5, 0.6) is 5.88 Å². The van der Waals surface area contributed by atoms with Crippen molar-refractivity contribution in [2.24, 2.45) is 5.16 Å². The molecule has 1 N–H and O–H groups in total. The van der Waals surface area contributed by atoms with Gasteiger partial charge in [-0.25, -0.2) is 9.97 Å². The summed E-state index contributed by atoms with van der Waals surface area (Å²) >= 11 is 1.73. The van der Waals surface area contributed by atoms with Gasteiger partial charge in [0.2, 0.25) is 5.88 Å². The molecule has 1 aliphatic rings. The largest absolute Gasteiger partial charge is 0.479 e. The fourth-order valence-corrected chi connectivity index (χ4v) is 4.45. The van der Waals surface area contributed by atoms with Gasteiger partial charge < -0.3 is 19.5 Å². The van der Waals surface area contributed by atoms with Crippen molar-refractivity contribution in [3.63, 3.8) is 0 Å². The maximum Gasteiger partial charge on any atom is 0.238 e. The molecule has 1 aromatic carbocycles. The summed E-state index contributed by atoms with van der Waals surface area (Å²) < 4.78 is 8.66. The van der Waals surface area contributed by atoms with E-state index in [4.69, 9.17) is 9.57 Å². The Morgan fingerprint density at radius 2 is 2.14 bits per heavy atom. The summed E-state index contributed by atoms with van der Waals surface area (Å²) in [5, 5.41) is 11.1. The first-order valence-electron chi connectivity index (χ1n) is 9.22. The lowest BCUT2D eigenvalue weighted by Crippen LogP contribution is -2.36. The van der Waals surface area contributed by atoms with Gasteiger partial charge in [0.25, 0.3) is 0 Å². The van der Waals surface area contributed by atoms with Crippen molar-refractivity contribution < 1.29 is 9.57 Å². The van der Waals surface area contributed by atoms with E-state index in [1.165, 1.54) is 15.6 Å². The zero-order chi connectivity index (χ0) is 19.8. The van der Waals surface area contributed by atoms with E-state index in [1.54, 1.807) is 24.8 Å². The monoisotopic (exact) mass is 405 g/mol. The molecule has 0 bridgehead atoms. The van der Waals surface area contributed by atoms with E-state index in [9.17, 15) is 0 Å². The average molecular weight is 405 g/mol. The minimum absolute atomic E-state index is 0.00224. The van der Waals surface area contributed by atoms with Gasteiger partial charge in [-0.15, -0.1) is 11.3 Å². The van der Waals surface area contributed by atoms with Gasteiger partial charge in [-0.05, 0) is 41.5 Å². The molecule has 0 amide bonds. The van der Waals surface area contributed by atoms with Crippen LogP contribution in [0, 0.1) is 6.92 Å². The Balaban J connectivity index is 1.45. The molecule has 4 heterocycles. The number of hydrogen-bond acceptors (Lipinski definition) is 7. The van der Waals surface area contributed by atoms with Crippen LogP contribution in [0.25, 0.3) is 15.8 Å². The first kappa shape index (κ1) is 17.7. The molecular formula is C21H19N5O2S. The van der Waals surface area contributed by atoms with Crippen molar-refractivity contribution in [1.82, 2.24) is 19.9 Å². The first-order valence-corrected chi connectivity index (χ1v) is 10.1. The van der Waals surface area contributed by atoms with E-state index >= 15 is 0 Å². The predicted octanol–water partition coefficient (Wildman–Crippen LogP) is 3.82. The maximum absolute atomic E-state index is 5.55. The zero-order valence-corrected chi connectivity index (χ0v) is 16.8. The van der Waals surface area contributed by atoms with Crippen LogP contribution in [-0.4, -0.2) is 34.1 Å². The summed E-state index contributed by atoms with van der Waals surface area (Å²) in [4.78, 5) is 14.5. The van der Waals surface area contributed by atoms with Crippen LogP contribution >= 0.6 is 11.3 Å². The second-order valence-electron chi connectivity index (χ2n) is 6.77. The normalized spacial score (nSPS) is 16.2. The molecule has 7 nitrogen and oxygen atoms in total. The summed E-state index contributed by atoms with van der Waals surface area (Å²) in [5.74, 6) is 1.08. The minimum Gasteiger partial charge on any atom is -0.479 e. The highest BCUT2D eigenvalue weighted by molar-refractivity contribution is 7.17. The van der Waals surface area contributed by atoms with Gasteiger partial charge >= 0.3 is 0 Å². The van der Waals surface area contributed by atoms with Crippen molar-refractivity contribution in [2.45, 2.75) is 13.0 Å². The van der Waals surface area contributed by atoms with E-state index in [-0.39, 0.29) is 6.04 Å². The number of ether oxygens (including phenoxy) is 1. The fourth-order valence-electron chi connectivity index (χ4n) is 3.43. The van der Waals surface area contributed by atoms with Crippen molar-refractivity contribution >= 4 is 27.3 Å². The van der Waals surface area contributed by atoms with Crippen LogP contribution in [0.3, 0.4) is 0 Å². The number of methoxy groups -OCH3 is 1. The van der Waals surface area contributed by atoms with E-state index in [1.807, 2.05) is 29.8 Å². The third kappa shape index (κ3) is 3.21. The molecule has 1 atom stereocenters. The number of nitrogens with one attached hydrogen (secondary N) is 1. The lowest BCUT2D eigenvalue weighted by Gasteiger charge is -2.24. The SMILES string of the molecule is COc1nc(C2=NOCC(c3csc4ccccc34)N2)ccc1-n1cnc(C)c1. The Hall–Kier alpha value is -3.39. The first-order chi connectivity index (χ1) is 14.2. The van der Waals surface area contributed by atoms with E-state index in [2.05, 4.69) is 50.1 Å². The van der Waals surface area contributed by atoms with Gasteiger partial charge in [0.15, 0.2) is 5.84 Å². The maximum atomic E-state index is 5.55. The smallest absolute Gasteiger partial charge is 0.238 e. The zero-order valence-electron chi connectivity index (χ0n) is 16.0. The van der Waals surface area contributed by atoms with E-state index in [0.29, 0.717) is 24.0 Å². The van der Waals surface area contributed by atoms with Crippen LogP contribution in [-0.2, 0) is 4.84 Å². The third-order valence-electron chi connectivity index (χ3n) is 4.86. The number of benzene rings is 1. The van der Waals surface area contributed by atoms with Crippen molar-refractivity contribution in [3.05, 3.63) is 71.3 Å². The lowest BCUT2D eigenvalue weighted by atomic mass is 10.1. The van der Waals surface area contributed by atoms with Gasteiger partial charge in [-0.1, -0.05) is 23.4 Å². The van der Waals surface area contributed by atoms with Crippen LogP contribution in [0.4, 0.5) is 0 Å². The Labute approximate surface area is 171 Å². The van der Waals surface area contributed by atoms with Gasteiger partial charge in [0, 0.05) is 10.9 Å². The van der Waals surface area contributed by atoms with Crippen LogP contribution in [0.1, 0.15) is 23.0 Å². The summed E-state index contributed by atoms with van der Waals surface area (Å²) in [6.45, 7) is 2.41. The summed E-state index contributed by atoms with van der Waals surface area (Å²) in [7, 11) is 1.60. The number of rotatable bonds is 4. The molecule has 0 aliphatic carbocycles. The second kappa shape index (κ2) is 7.21. The number of amidine groups is 1. The summed E-state index contributed by atoms with van der Waals surface area (Å²) in [6, 6.07) is 12.2. The summed E-state index contributed by atoms with van der Waals surface area (Å²) in [6.07, 6.45) is 3.67. The molecular weight excluding hydrogens is 386 g/mol. The Bertz CT molecular complexity index is 1210. The third-order valence-corrected chi connectivity index (χ3v) is 5.84. The van der Waals surface area contributed by atoms with E-state index < -0.39 is 0 Å². The van der Waals surface area contributed by atoms with Gasteiger partial charge in [-0.2, -0.15) is 0 Å². The quantitative estimate of drug-likeness (QED) is 0.559. The average Bonchev–Trinajstić information content (AvgIpc) is 3.39. The molecule has 1 aliphatic heterocycles. The minimum atomic E-state index is 0.00224. The Kier molecular flexibility index (Phi) is 4.40. The molecule has 1 unspecified atom stereocenters. The van der Waals surface area contributed by atoms with Gasteiger partial charge in [0.05, 0.1) is 25.2 Å². The van der Waals surface area contributed by atoms with Crippen LogP contribution < -0.4 is 10.1 Å². The number of nitrogens with zero attached hydrogens (tertiary/aromatic N) is 4. The number of pyridine rings is 1. The molecule has 146 valence electrons. The predicted molar refractivity (Wildman–Crippen MR) is 113 cm³/mol. The molecule has 5 rings (SSSR count). The molecule has 3 aromatic heterocycles. The van der Waals surface area contributed by atoms with Gasteiger partial charge in [0.1, 0.15) is 18.0 Å². The number of imidazole rings is 1. The van der Waals surface area contributed by atoms with Crippen molar-refractivity contribution in [2.75, 3.05) is 13.7 Å². The number of aryl methyl sites for hydroxylation is 1.